The summed E-state index contributed by atoms with van der Waals surface area (Å²) < 4.78 is 0. The van der Waals surface area contributed by atoms with Crippen LogP contribution in [0, 0.1) is 13.8 Å². The highest BCUT2D eigenvalue weighted by Crippen LogP contribution is 2.09. The Balaban J connectivity index is 3.09. The van der Waals surface area contributed by atoms with Crippen molar-refractivity contribution < 1.29 is 4.79 Å². The molecule has 0 fully saturated rings. The number of nitrogens with zero attached hydrogens (tertiary/aromatic N) is 1. The molecule has 0 saturated carbocycles. The van der Waals surface area contributed by atoms with Gasteiger partial charge in [-0.1, -0.05) is 15.9 Å². The van der Waals surface area contributed by atoms with E-state index in [1.807, 2.05) is 19.9 Å². The van der Waals surface area contributed by atoms with E-state index in [2.05, 4.69) is 20.9 Å². The molecule has 2 nitrogen and oxygen atoms in total. The number of aromatic nitrogens is 1. The SMILES string of the molecule is Cc1cc(C)c(C(=O)CBr)cn1. The molecule has 0 aliphatic carbocycles. The van der Waals surface area contributed by atoms with E-state index in [0.29, 0.717) is 10.9 Å². The van der Waals surface area contributed by atoms with Crippen LogP contribution in [0.5, 0.6) is 0 Å². The van der Waals surface area contributed by atoms with E-state index in [1.54, 1.807) is 6.20 Å². The summed E-state index contributed by atoms with van der Waals surface area (Å²) in [6, 6.07) is 1.91. The van der Waals surface area contributed by atoms with Crippen LogP contribution in [-0.2, 0) is 0 Å². The summed E-state index contributed by atoms with van der Waals surface area (Å²) in [5, 5.41) is 0.360. The first-order valence-corrected chi connectivity index (χ1v) is 4.79. The van der Waals surface area contributed by atoms with E-state index in [9.17, 15) is 4.79 Å². The van der Waals surface area contributed by atoms with Gasteiger partial charge in [-0.05, 0) is 25.5 Å². The third-order valence-electron chi connectivity index (χ3n) is 1.67. The van der Waals surface area contributed by atoms with Crippen LogP contribution in [0.3, 0.4) is 0 Å². The van der Waals surface area contributed by atoms with Crippen LogP contribution in [0.1, 0.15) is 21.6 Å². The van der Waals surface area contributed by atoms with Crippen molar-refractivity contribution in [3.63, 3.8) is 0 Å². The number of halogens is 1. The minimum atomic E-state index is 0.0833. The van der Waals surface area contributed by atoms with Gasteiger partial charge in [0.1, 0.15) is 0 Å². The van der Waals surface area contributed by atoms with Crippen molar-refractivity contribution in [2.24, 2.45) is 0 Å². The molecule has 1 aromatic heterocycles. The number of carbonyl (C=O) groups excluding carboxylic acids is 1. The summed E-state index contributed by atoms with van der Waals surface area (Å²) in [5.41, 5.74) is 2.64. The first kappa shape index (κ1) is 9.39. The first-order chi connectivity index (χ1) is 5.65. The van der Waals surface area contributed by atoms with Gasteiger partial charge in [-0.2, -0.15) is 0 Å². The Morgan fingerprint density at radius 3 is 2.75 bits per heavy atom. The lowest BCUT2D eigenvalue weighted by Gasteiger charge is -2.02. The molecule has 0 radical (unpaired) electrons. The second-order valence-electron chi connectivity index (χ2n) is 2.70. The fourth-order valence-corrected chi connectivity index (χ4v) is 1.36. The lowest BCUT2D eigenvalue weighted by molar-refractivity contribution is 0.102. The van der Waals surface area contributed by atoms with Crippen molar-refractivity contribution in [3.8, 4) is 0 Å². The number of carbonyl (C=O) groups is 1. The lowest BCUT2D eigenvalue weighted by atomic mass is 10.1. The maximum absolute atomic E-state index is 11.3. The van der Waals surface area contributed by atoms with E-state index >= 15 is 0 Å². The highest BCUT2D eigenvalue weighted by molar-refractivity contribution is 9.09. The number of pyridine rings is 1. The van der Waals surface area contributed by atoms with E-state index in [-0.39, 0.29) is 5.78 Å². The quantitative estimate of drug-likeness (QED) is 0.574. The largest absolute Gasteiger partial charge is 0.293 e. The van der Waals surface area contributed by atoms with Crippen molar-refractivity contribution in [3.05, 3.63) is 29.1 Å². The molecule has 0 aliphatic rings. The summed E-state index contributed by atoms with van der Waals surface area (Å²) >= 11 is 3.13. The summed E-state index contributed by atoms with van der Waals surface area (Å²) in [5.74, 6) is 0.0833. The van der Waals surface area contributed by atoms with Gasteiger partial charge in [0, 0.05) is 17.5 Å². The Morgan fingerprint density at radius 2 is 2.25 bits per heavy atom. The Hall–Kier alpha value is -0.700. The van der Waals surface area contributed by atoms with Crippen molar-refractivity contribution in [2.45, 2.75) is 13.8 Å². The highest BCUT2D eigenvalue weighted by Gasteiger charge is 2.07. The van der Waals surface area contributed by atoms with Crippen LogP contribution >= 0.6 is 15.9 Å². The van der Waals surface area contributed by atoms with Crippen LogP contribution < -0.4 is 0 Å². The number of aryl methyl sites for hydroxylation is 2. The number of Topliss-reactive ketones (excluding diaryl/α,β-unsaturated/α-hetero) is 1. The molecule has 12 heavy (non-hydrogen) atoms. The molecule has 64 valence electrons. The zero-order valence-electron chi connectivity index (χ0n) is 7.10. The van der Waals surface area contributed by atoms with Crippen LogP contribution in [0.25, 0.3) is 0 Å². The minimum Gasteiger partial charge on any atom is -0.293 e. The summed E-state index contributed by atoms with van der Waals surface area (Å²) in [6.45, 7) is 3.83. The number of ketones is 1. The van der Waals surface area contributed by atoms with Crippen molar-refractivity contribution in [2.75, 3.05) is 5.33 Å². The fraction of sp³-hybridized carbons (Fsp3) is 0.333. The molecule has 0 unspecified atom stereocenters. The van der Waals surface area contributed by atoms with Crippen LogP contribution in [0.15, 0.2) is 12.3 Å². The van der Waals surface area contributed by atoms with Gasteiger partial charge in [-0.3, -0.25) is 9.78 Å². The molecular weight excluding hydrogens is 218 g/mol. The zero-order valence-corrected chi connectivity index (χ0v) is 8.68. The molecule has 0 N–H and O–H groups in total. The summed E-state index contributed by atoms with van der Waals surface area (Å²) in [6.07, 6.45) is 1.63. The number of hydrogen-bond acceptors (Lipinski definition) is 2. The number of hydrogen-bond donors (Lipinski definition) is 0. The molecule has 0 amide bonds. The van der Waals surface area contributed by atoms with E-state index in [4.69, 9.17) is 0 Å². The highest BCUT2D eigenvalue weighted by atomic mass is 79.9. The normalized spacial score (nSPS) is 9.92. The lowest BCUT2D eigenvalue weighted by Crippen LogP contribution is -2.03. The Bertz CT molecular complexity index is 309. The second kappa shape index (κ2) is 3.81. The monoisotopic (exact) mass is 227 g/mol. The molecular formula is C9H10BrNO. The zero-order chi connectivity index (χ0) is 9.14. The smallest absolute Gasteiger partial charge is 0.175 e. The van der Waals surface area contributed by atoms with Crippen LogP contribution in [0.2, 0.25) is 0 Å². The molecule has 0 spiro atoms. The molecule has 0 aliphatic heterocycles. The van der Waals surface area contributed by atoms with Crippen molar-refractivity contribution in [1.29, 1.82) is 0 Å². The van der Waals surface area contributed by atoms with Crippen LogP contribution in [0.4, 0.5) is 0 Å². The average Bonchev–Trinajstić information content (AvgIpc) is 2.03. The van der Waals surface area contributed by atoms with Gasteiger partial charge in [-0.25, -0.2) is 0 Å². The predicted octanol–water partition coefficient (Wildman–Crippen LogP) is 2.28. The molecule has 0 bridgehead atoms. The number of rotatable bonds is 2. The van der Waals surface area contributed by atoms with Gasteiger partial charge in [0.2, 0.25) is 0 Å². The molecule has 0 atom stereocenters. The summed E-state index contributed by atoms with van der Waals surface area (Å²) in [4.78, 5) is 15.3. The molecule has 0 saturated heterocycles. The standard InChI is InChI=1S/C9H10BrNO/c1-6-3-7(2)11-5-8(6)9(12)4-10/h3,5H,4H2,1-2H3. The average molecular weight is 228 g/mol. The Labute approximate surface area is 80.1 Å². The minimum absolute atomic E-state index is 0.0833. The second-order valence-corrected chi connectivity index (χ2v) is 3.26. The van der Waals surface area contributed by atoms with Gasteiger partial charge >= 0.3 is 0 Å². The van der Waals surface area contributed by atoms with E-state index in [1.165, 1.54) is 0 Å². The van der Waals surface area contributed by atoms with Gasteiger partial charge in [0.15, 0.2) is 5.78 Å². The molecule has 0 aromatic carbocycles. The predicted molar refractivity (Wildman–Crippen MR) is 51.8 cm³/mol. The van der Waals surface area contributed by atoms with E-state index < -0.39 is 0 Å². The van der Waals surface area contributed by atoms with Gasteiger partial charge < -0.3 is 0 Å². The Morgan fingerprint density at radius 1 is 1.58 bits per heavy atom. The summed E-state index contributed by atoms with van der Waals surface area (Å²) in [7, 11) is 0. The third-order valence-corrected chi connectivity index (χ3v) is 2.18. The third kappa shape index (κ3) is 1.91. The van der Waals surface area contributed by atoms with Crippen molar-refractivity contribution in [1.82, 2.24) is 4.98 Å². The fourth-order valence-electron chi connectivity index (χ4n) is 1.06. The molecule has 1 heterocycles. The molecule has 1 aromatic rings. The van der Waals surface area contributed by atoms with Crippen molar-refractivity contribution >= 4 is 21.7 Å². The molecule has 1 rings (SSSR count). The topological polar surface area (TPSA) is 30.0 Å². The van der Waals surface area contributed by atoms with Gasteiger partial charge in [0.25, 0.3) is 0 Å². The van der Waals surface area contributed by atoms with Crippen LogP contribution in [-0.4, -0.2) is 16.1 Å². The number of alkyl halides is 1. The Kier molecular flexibility index (Phi) is 2.98. The van der Waals surface area contributed by atoms with E-state index in [0.717, 1.165) is 11.3 Å². The van der Waals surface area contributed by atoms with Gasteiger partial charge in [-0.15, -0.1) is 0 Å². The maximum Gasteiger partial charge on any atom is 0.175 e. The van der Waals surface area contributed by atoms with Gasteiger partial charge in [0.05, 0.1) is 5.33 Å². The molecule has 3 heteroatoms. The first-order valence-electron chi connectivity index (χ1n) is 3.67. The maximum atomic E-state index is 11.3.